The van der Waals surface area contributed by atoms with Crippen LogP contribution in [0.3, 0.4) is 0 Å². The fourth-order valence-corrected chi connectivity index (χ4v) is 2.77. The van der Waals surface area contributed by atoms with Crippen LogP contribution < -0.4 is 10.9 Å². The SMILES string of the molecule is O=C(Nc1ccc(F)c(C(F)(F)F)c1)c1cccn(Cc2ccc(Cl)cc2)c1=O. The van der Waals surface area contributed by atoms with E-state index in [1.54, 1.807) is 24.3 Å². The van der Waals surface area contributed by atoms with Crippen molar-refractivity contribution in [2.24, 2.45) is 0 Å². The fourth-order valence-electron chi connectivity index (χ4n) is 2.64. The quantitative estimate of drug-likeness (QED) is 0.602. The molecule has 0 atom stereocenters. The molecule has 1 heterocycles. The summed E-state index contributed by atoms with van der Waals surface area (Å²) in [4.78, 5) is 25.0. The molecule has 0 aliphatic heterocycles. The number of carbonyl (C=O) groups is 1. The van der Waals surface area contributed by atoms with E-state index in [-0.39, 0.29) is 17.8 Å². The molecule has 3 rings (SSSR count). The van der Waals surface area contributed by atoms with Gasteiger partial charge >= 0.3 is 6.18 Å². The lowest BCUT2D eigenvalue weighted by molar-refractivity contribution is -0.139. The summed E-state index contributed by atoms with van der Waals surface area (Å²) in [6.07, 6.45) is -3.43. The van der Waals surface area contributed by atoms with Gasteiger partial charge in [0.2, 0.25) is 0 Å². The molecule has 0 unspecified atom stereocenters. The highest BCUT2D eigenvalue weighted by Crippen LogP contribution is 2.33. The predicted octanol–water partition coefficient (Wildman–Crippen LogP) is 4.96. The number of benzene rings is 2. The molecular formula is C20H13ClF4N2O2. The number of aromatic nitrogens is 1. The van der Waals surface area contributed by atoms with E-state index in [9.17, 15) is 27.2 Å². The van der Waals surface area contributed by atoms with Crippen molar-refractivity contribution in [1.82, 2.24) is 4.57 Å². The van der Waals surface area contributed by atoms with Gasteiger partial charge in [-0.2, -0.15) is 13.2 Å². The second kappa shape index (κ2) is 8.08. The zero-order valence-corrected chi connectivity index (χ0v) is 15.4. The average molecular weight is 425 g/mol. The molecule has 150 valence electrons. The maximum Gasteiger partial charge on any atom is 0.419 e. The van der Waals surface area contributed by atoms with E-state index in [4.69, 9.17) is 11.6 Å². The second-order valence-corrected chi connectivity index (χ2v) is 6.56. The summed E-state index contributed by atoms with van der Waals surface area (Å²) >= 11 is 5.82. The number of nitrogens with zero attached hydrogens (tertiary/aromatic N) is 1. The van der Waals surface area contributed by atoms with E-state index in [0.29, 0.717) is 17.2 Å². The van der Waals surface area contributed by atoms with Gasteiger partial charge in [-0.25, -0.2) is 4.39 Å². The predicted molar refractivity (Wildman–Crippen MR) is 101 cm³/mol. The first kappa shape index (κ1) is 20.6. The molecule has 0 saturated heterocycles. The van der Waals surface area contributed by atoms with Crippen molar-refractivity contribution in [3.8, 4) is 0 Å². The van der Waals surface area contributed by atoms with Gasteiger partial charge in [0.15, 0.2) is 0 Å². The number of rotatable bonds is 4. The van der Waals surface area contributed by atoms with Crippen molar-refractivity contribution in [2.45, 2.75) is 12.7 Å². The summed E-state index contributed by atoms with van der Waals surface area (Å²) in [7, 11) is 0. The number of nitrogens with one attached hydrogen (secondary N) is 1. The lowest BCUT2D eigenvalue weighted by Crippen LogP contribution is -2.29. The third kappa shape index (κ3) is 4.83. The zero-order valence-electron chi connectivity index (χ0n) is 14.6. The van der Waals surface area contributed by atoms with Crippen LogP contribution in [-0.2, 0) is 12.7 Å². The Bertz CT molecular complexity index is 1110. The minimum Gasteiger partial charge on any atom is -0.322 e. The zero-order chi connectivity index (χ0) is 21.2. The van der Waals surface area contributed by atoms with Gasteiger partial charge in [-0.05, 0) is 48.0 Å². The number of alkyl halides is 3. The molecule has 29 heavy (non-hydrogen) atoms. The van der Waals surface area contributed by atoms with Gasteiger partial charge in [0, 0.05) is 16.9 Å². The smallest absolute Gasteiger partial charge is 0.322 e. The van der Waals surface area contributed by atoms with Crippen LogP contribution in [0.2, 0.25) is 5.02 Å². The van der Waals surface area contributed by atoms with Crippen molar-refractivity contribution in [3.63, 3.8) is 0 Å². The number of hydrogen-bond donors (Lipinski definition) is 1. The summed E-state index contributed by atoms with van der Waals surface area (Å²) in [6, 6.07) is 11.5. The number of halogens is 5. The molecular weight excluding hydrogens is 412 g/mol. The number of hydrogen-bond acceptors (Lipinski definition) is 2. The van der Waals surface area contributed by atoms with E-state index in [1.165, 1.54) is 22.9 Å². The summed E-state index contributed by atoms with van der Waals surface area (Å²) in [5.74, 6) is -2.36. The van der Waals surface area contributed by atoms with Crippen molar-refractivity contribution in [3.05, 3.63) is 98.7 Å². The number of amides is 1. The Hall–Kier alpha value is -3.13. The highest BCUT2D eigenvalue weighted by Gasteiger charge is 2.34. The third-order valence-corrected chi connectivity index (χ3v) is 4.31. The Morgan fingerprint density at radius 1 is 1.07 bits per heavy atom. The highest BCUT2D eigenvalue weighted by molar-refractivity contribution is 6.30. The molecule has 1 N–H and O–H groups in total. The van der Waals surface area contributed by atoms with Crippen molar-refractivity contribution in [2.75, 3.05) is 5.32 Å². The van der Waals surface area contributed by atoms with Crippen LogP contribution in [0.15, 0.2) is 65.6 Å². The Labute approximate surface area is 167 Å². The van der Waals surface area contributed by atoms with Crippen LogP contribution >= 0.6 is 11.6 Å². The first-order chi connectivity index (χ1) is 13.6. The third-order valence-electron chi connectivity index (χ3n) is 4.06. The van der Waals surface area contributed by atoms with Crippen LogP contribution in [0.4, 0.5) is 23.2 Å². The molecule has 9 heteroatoms. The molecule has 0 spiro atoms. The lowest BCUT2D eigenvalue weighted by Gasteiger charge is -2.12. The van der Waals surface area contributed by atoms with Crippen molar-refractivity contribution < 1.29 is 22.4 Å². The van der Waals surface area contributed by atoms with Crippen LogP contribution in [-0.4, -0.2) is 10.5 Å². The Kier molecular flexibility index (Phi) is 5.74. The summed E-state index contributed by atoms with van der Waals surface area (Å²) in [6.45, 7) is 0.173. The first-order valence-corrected chi connectivity index (χ1v) is 8.65. The van der Waals surface area contributed by atoms with Crippen molar-refractivity contribution in [1.29, 1.82) is 0 Å². The average Bonchev–Trinajstić information content (AvgIpc) is 2.65. The minimum absolute atomic E-state index is 0.173. The van der Waals surface area contributed by atoms with Gasteiger partial charge < -0.3 is 9.88 Å². The molecule has 4 nitrogen and oxygen atoms in total. The topological polar surface area (TPSA) is 51.1 Å². The van der Waals surface area contributed by atoms with Crippen LogP contribution in [0.1, 0.15) is 21.5 Å². The maximum atomic E-state index is 13.4. The van der Waals surface area contributed by atoms with Gasteiger partial charge in [0.1, 0.15) is 11.4 Å². The molecule has 0 fully saturated rings. The summed E-state index contributed by atoms with van der Waals surface area (Å²) < 4.78 is 53.1. The van der Waals surface area contributed by atoms with Gasteiger partial charge in [0.25, 0.3) is 11.5 Å². The van der Waals surface area contributed by atoms with E-state index < -0.39 is 29.0 Å². The molecule has 1 aromatic heterocycles. The monoisotopic (exact) mass is 424 g/mol. The Balaban J connectivity index is 1.85. The molecule has 0 bridgehead atoms. The number of anilines is 1. The molecule has 0 saturated carbocycles. The van der Waals surface area contributed by atoms with Gasteiger partial charge in [-0.1, -0.05) is 23.7 Å². The van der Waals surface area contributed by atoms with E-state index in [1.807, 2.05) is 0 Å². The standard InChI is InChI=1S/C20H13ClF4N2O2/c21-13-5-3-12(4-6-13)11-27-9-1-2-15(19(27)29)18(28)26-14-7-8-17(22)16(10-14)20(23,24)25/h1-10H,11H2,(H,26,28). The lowest BCUT2D eigenvalue weighted by atomic mass is 10.1. The Morgan fingerprint density at radius 2 is 1.76 bits per heavy atom. The van der Waals surface area contributed by atoms with Gasteiger partial charge in [0.05, 0.1) is 12.1 Å². The largest absolute Gasteiger partial charge is 0.419 e. The van der Waals surface area contributed by atoms with Crippen LogP contribution in [0, 0.1) is 5.82 Å². The van der Waals surface area contributed by atoms with E-state index >= 15 is 0 Å². The van der Waals surface area contributed by atoms with Gasteiger partial charge in [-0.15, -0.1) is 0 Å². The first-order valence-electron chi connectivity index (χ1n) is 8.27. The van der Waals surface area contributed by atoms with E-state index in [2.05, 4.69) is 5.32 Å². The molecule has 0 aliphatic rings. The number of carbonyl (C=O) groups excluding carboxylic acids is 1. The summed E-state index contributed by atoms with van der Waals surface area (Å²) in [5.41, 5.74) is -1.92. The van der Waals surface area contributed by atoms with Crippen LogP contribution in [0.5, 0.6) is 0 Å². The molecule has 0 aliphatic carbocycles. The molecule has 2 aromatic carbocycles. The van der Waals surface area contributed by atoms with Crippen molar-refractivity contribution >= 4 is 23.2 Å². The highest BCUT2D eigenvalue weighted by atomic mass is 35.5. The molecule has 0 radical (unpaired) electrons. The van der Waals surface area contributed by atoms with E-state index in [0.717, 1.165) is 11.6 Å². The minimum atomic E-state index is -4.91. The second-order valence-electron chi connectivity index (χ2n) is 6.13. The number of pyridine rings is 1. The fraction of sp³-hybridized carbons (Fsp3) is 0.100. The normalized spacial score (nSPS) is 11.3. The van der Waals surface area contributed by atoms with Crippen LogP contribution in [0.25, 0.3) is 0 Å². The summed E-state index contributed by atoms with van der Waals surface area (Å²) in [5, 5.41) is 2.73. The Morgan fingerprint density at radius 3 is 2.41 bits per heavy atom. The molecule has 3 aromatic rings. The molecule has 1 amide bonds. The maximum absolute atomic E-state index is 13.4. The van der Waals surface area contributed by atoms with Gasteiger partial charge in [-0.3, -0.25) is 9.59 Å².